The average Bonchev–Trinajstić information content (AvgIpc) is 3.25. The van der Waals surface area contributed by atoms with E-state index in [1.54, 1.807) is 0 Å². The van der Waals surface area contributed by atoms with Crippen molar-refractivity contribution in [1.29, 1.82) is 0 Å². The lowest BCUT2D eigenvalue weighted by molar-refractivity contribution is -0.144. The predicted molar refractivity (Wildman–Crippen MR) is 126 cm³/mol. The van der Waals surface area contributed by atoms with E-state index >= 15 is 0 Å². The van der Waals surface area contributed by atoms with Crippen molar-refractivity contribution in [1.82, 2.24) is 5.32 Å². The molecule has 0 saturated carbocycles. The van der Waals surface area contributed by atoms with Crippen LogP contribution in [0.25, 0.3) is 0 Å². The van der Waals surface area contributed by atoms with Crippen LogP contribution in [0.4, 0.5) is 4.79 Å². The van der Waals surface area contributed by atoms with Crippen LogP contribution in [0.5, 0.6) is 0 Å². The van der Waals surface area contributed by atoms with Gasteiger partial charge >= 0.3 is 5.97 Å². The molecule has 4 nitrogen and oxygen atoms in total. The number of carbonyl (C=O) groups excluding carboxylic acids is 2. The van der Waals surface area contributed by atoms with Crippen LogP contribution in [0.2, 0.25) is 0 Å². The normalized spacial score (nSPS) is 16.1. The molecule has 1 saturated heterocycles. The molecule has 1 atom stereocenters. The quantitative estimate of drug-likeness (QED) is 0.456. The molecule has 1 amide bonds. The van der Waals surface area contributed by atoms with E-state index in [0.717, 1.165) is 11.8 Å². The highest BCUT2D eigenvalue weighted by molar-refractivity contribution is 8.14. The lowest BCUT2D eigenvalue weighted by Gasteiger charge is -2.27. The van der Waals surface area contributed by atoms with Crippen molar-refractivity contribution in [3.05, 3.63) is 91.0 Å². The highest BCUT2D eigenvalue weighted by Crippen LogP contribution is 2.54. The van der Waals surface area contributed by atoms with Crippen molar-refractivity contribution in [2.45, 2.75) is 6.04 Å². The lowest BCUT2D eigenvalue weighted by atomic mass is 10.3. The third-order valence-electron chi connectivity index (χ3n) is 5.22. The summed E-state index contributed by atoms with van der Waals surface area (Å²) in [6, 6.07) is 30.9. The van der Waals surface area contributed by atoms with Gasteiger partial charge in [0, 0.05) is 5.75 Å². The first-order valence-corrected chi connectivity index (χ1v) is 12.8. The van der Waals surface area contributed by atoms with Gasteiger partial charge in [-0.2, -0.15) is 0 Å². The molecule has 3 aromatic rings. The Hall–Kier alpha value is -2.62. The second-order valence-corrected chi connectivity index (χ2v) is 11.6. The first kappa shape index (κ1) is 20.6. The molecule has 3 aromatic carbocycles. The van der Waals surface area contributed by atoms with Crippen LogP contribution in [-0.4, -0.2) is 35.8 Å². The van der Waals surface area contributed by atoms with Gasteiger partial charge in [-0.05, 0) is 36.4 Å². The molecule has 1 aliphatic rings. The van der Waals surface area contributed by atoms with Crippen LogP contribution in [0.15, 0.2) is 91.0 Å². The van der Waals surface area contributed by atoms with Gasteiger partial charge in [-0.25, -0.2) is 4.79 Å². The average molecular weight is 436 g/mol. The molecule has 0 spiro atoms. The van der Waals surface area contributed by atoms with Gasteiger partial charge in [0.25, 0.3) is 5.24 Å². The third kappa shape index (κ3) is 4.28. The van der Waals surface area contributed by atoms with Crippen LogP contribution >= 0.6 is 19.0 Å². The summed E-state index contributed by atoms with van der Waals surface area (Å²) in [7, 11) is -2.02. The Labute approximate surface area is 181 Å². The molecule has 1 fully saturated rings. The maximum Gasteiger partial charge on any atom is 0.329 e. The summed E-state index contributed by atoms with van der Waals surface area (Å²) in [6.45, 7) is 0.294. The first-order valence-electron chi connectivity index (χ1n) is 9.85. The zero-order valence-electron chi connectivity index (χ0n) is 16.4. The Kier molecular flexibility index (Phi) is 6.51. The van der Waals surface area contributed by atoms with Gasteiger partial charge in [0.2, 0.25) is 0 Å². The molecule has 0 aliphatic carbocycles. The number of benzene rings is 3. The molecule has 4 rings (SSSR count). The molecular weight excluding hydrogens is 413 g/mol. The van der Waals surface area contributed by atoms with Gasteiger partial charge < -0.3 is 10.1 Å². The van der Waals surface area contributed by atoms with Crippen LogP contribution in [0.3, 0.4) is 0 Å². The molecule has 152 valence electrons. The van der Waals surface area contributed by atoms with Crippen molar-refractivity contribution in [3.63, 3.8) is 0 Å². The minimum atomic E-state index is -2.02. The van der Waals surface area contributed by atoms with Gasteiger partial charge in [0.1, 0.15) is 42.0 Å². The van der Waals surface area contributed by atoms with Crippen LogP contribution in [0, 0.1) is 0 Å². The predicted octanol–water partition coefficient (Wildman–Crippen LogP) is 3.35. The Morgan fingerprint density at radius 3 is 1.73 bits per heavy atom. The molecule has 1 N–H and O–H groups in total. The van der Waals surface area contributed by atoms with E-state index in [2.05, 4.69) is 78.1 Å². The van der Waals surface area contributed by atoms with E-state index in [1.807, 2.05) is 18.2 Å². The molecular formula is C24H23NO3PS+. The Balaban J connectivity index is 1.68. The molecule has 1 heterocycles. The summed E-state index contributed by atoms with van der Waals surface area (Å²) in [6.07, 6.45) is 0.699. The molecule has 1 aliphatic heterocycles. The van der Waals surface area contributed by atoms with E-state index in [4.69, 9.17) is 4.74 Å². The number of esters is 1. The number of hydrogen-bond acceptors (Lipinski definition) is 4. The summed E-state index contributed by atoms with van der Waals surface area (Å²) in [4.78, 5) is 23.8. The second-order valence-electron chi connectivity index (χ2n) is 7.00. The van der Waals surface area contributed by atoms with Crippen molar-refractivity contribution >= 4 is 46.1 Å². The lowest BCUT2D eigenvalue weighted by Crippen LogP contribution is -2.38. The topological polar surface area (TPSA) is 55.4 Å². The van der Waals surface area contributed by atoms with Crippen molar-refractivity contribution in [2.24, 2.45) is 0 Å². The largest absolute Gasteiger partial charge is 0.460 e. The molecule has 0 aromatic heterocycles. The molecule has 30 heavy (non-hydrogen) atoms. The first-order chi connectivity index (χ1) is 14.7. The number of ether oxygens (including phenoxy) is 1. The highest BCUT2D eigenvalue weighted by atomic mass is 32.2. The maximum atomic E-state index is 12.4. The standard InChI is InChI=1S/C24H22NO3PS/c26-23(22-18-30-24(27)25-22)28-16-17-29(19-10-4-1-5-11-19,20-12-6-2-7-13-20)21-14-8-3-9-15-21/h1-15,22H,16-18H2/p+1. The Morgan fingerprint density at radius 1 is 0.867 bits per heavy atom. The molecule has 0 bridgehead atoms. The van der Waals surface area contributed by atoms with E-state index < -0.39 is 13.3 Å². The summed E-state index contributed by atoms with van der Waals surface area (Å²) in [5.74, 6) is 0.0641. The van der Waals surface area contributed by atoms with Crippen molar-refractivity contribution < 1.29 is 14.3 Å². The monoisotopic (exact) mass is 436 g/mol. The van der Waals surface area contributed by atoms with Gasteiger partial charge in [0.05, 0.1) is 0 Å². The summed E-state index contributed by atoms with van der Waals surface area (Å²) < 4.78 is 5.66. The maximum absolute atomic E-state index is 12.4. The Morgan fingerprint density at radius 2 is 1.33 bits per heavy atom. The van der Waals surface area contributed by atoms with Gasteiger partial charge in [0.15, 0.2) is 0 Å². The fourth-order valence-corrected chi connectivity index (χ4v) is 8.62. The van der Waals surface area contributed by atoms with E-state index in [-0.39, 0.29) is 11.2 Å². The SMILES string of the molecule is O=C1NC(C(=O)OCC[P+](c2ccccc2)(c2ccccc2)c2ccccc2)CS1. The fraction of sp³-hybridized carbons (Fsp3) is 0.167. The number of carbonyl (C=O) groups is 2. The van der Waals surface area contributed by atoms with Crippen LogP contribution < -0.4 is 21.2 Å². The smallest absolute Gasteiger partial charge is 0.329 e. The fourth-order valence-electron chi connectivity index (χ4n) is 3.78. The minimum Gasteiger partial charge on any atom is -0.460 e. The van der Waals surface area contributed by atoms with Gasteiger partial charge in [-0.3, -0.25) is 4.79 Å². The van der Waals surface area contributed by atoms with Gasteiger partial charge in [-0.1, -0.05) is 66.4 Å². The molecule has 1 unspecified atom stereocenters. The summed E-state index contributed by atoms with van der Waals surface area (Å²) in [5, 5.41) is 6.24. The minimum absolute atomic E-state index is 0.170. The van der Waals surface area contributed by atoms with E-state index in [1.165, 1.54) is 15.9 Å². The zero-order chi connectivity index (χ0) is 20.8. The molecule has 6 heteroatoms. The number of rotatable bonds is 7. The molecule has 0 radical (unpaired) electrons. The highest BCUT2D eigenvalue weighted by Gasteiger charge is 2.45. The number of nitrogens with one attached hydrogen (secondary N) is 1. The van der Waals surface area contributed by atoms with Crippen molar-refractivity contribution in [2.75, 3.05) is 18.5 Å². The Bertz CT molecular complexity index is 902. The summed E-state index contributed by atoms with van der Waals surface area (Å²) in [5.41, 5.74) is 0. The van der Waals surface area contributed by atoms with Crippen LogP contribution in [0.1, 0.15) is 0 Å². The second kappa shape index (κ2) is 9.46. The summed E-state index contributed by atoms with van der Waals surface area (Å²) >= 11 is 1.12. The number of amides is 1. The third-order valence-corrected chi connectivity index (χ3v) is 10.5. The number of hydrogen-bond donors (Lipinski definition) is 1. The zero-order valence-corrected chi connectivity index (χ0v) is 18.2. The van der Waals surface area contributed by atoms with Crippen molar-refractivity contribution in [3.8, 4) is 0 Å². The van der Waals surface area contributed by atoms with Gasteiger partial charge in [-0.15, -0.1) is 0 Å². The van der Waals surface area contributed by atoms with E-state index in [0.29, 0.717) is 18.5 Å². The van der Waals surface area contributed by atoms with Crippen LogP contribution in [-0.2, 0) is 9.53 Å². The van der Waals surface area contributed by atoms with E-state index in [9.17, 15) is 9.59 Å². The number of thioether (sulfide) groups is 1.